The fraction of sp³-hybridized carbons (Fsp3) is 0.333. The number of hydrogen-bond donors (Lipinski definition) is 1. The van der Waals surface area contributed by atoms with E-state index >= 15 is 0 Å². The molecule has 84 valence electrons. The van der Waals surface area contributed by atoms with E-state index in [0.717, 1.165) is 24.9 Å². The first kappa shape index (κ1) is 10.7. The number of rotatable bonds is 4. The van der Waals surface area contributed by atoms with Gasteiger partial charge in [-0.2, -0.15) is 0 Å². The molecule has 2 aromatic rings. The number of aromatic nitrogens is 2. The number of imidazole rings is 1. The van der Waals surface area contributed by atoms with Crippen molar-refractivity contribution < 1.29 is 4.79 Å². The minimum Gasteiger partial charge on any atom is -0.352 e. The highest BCUT2D eigenvalue weighted by Gasteiger charge is 2.05. The average molecular weight is 217 g/mol. The van der Waals surface area contributed by atoms with Crippen LogP contribution in [-0.4, -0.2) is 21.8 Å². The normalized spacial score (nSPS) is 10.6. The average Bonchev–Trinajstić information content (AvgIpc) is 2.76. The molecule has 1 amide bonds. The molecule has 0 unspecified atom stereocenters. The van der Waals surface area contributed by atoms with Gasteiger partial charge in [0.25, 0.3) is 5.91 Å². The minimum absolute atomic E-state index is 0.0165. The first-order chi connectivity index (χ1) is 7.81. The van der Waals surface area contributed by atoms with Crippen molar-refractivity contribution >= 4 is 11.4 Å². The molecule has 0 radical (unpaired) electrons. The van der Waals surface area contributed by atoms with Crippen molar-refractivity contribution in [1.29, 1.82) is 0 Å². The van der Waals surface area contributed by atoms with Crippen molar-refractivity contribution in [3.8, 4) is 0 Å². The van der Waals surface area contributed by atoms with Gasteiger partial charge in [0, 0.05) is 18.3 Å². The van der Waals surface area contributed by atoms with E-state index in [1.807, 2.05) is 16.7 Å². The lowest BCUT2D eigenvalue weighted by Gasteiger charge is -2.04. The topological polar surface area (TPSA) is 46.4 Å². The number of carbonyl (C=O) groups excluding carboxylic acids is 1. The molecule has 0 spiro atoms. The number of unbranched alkanes of at least 4 members (excludes halogenated alkanes) is 1. The lowest BCUT2D eigenvalue weighted by molar-refractivity contribution is 0.0953. The second-order valence-electron chi connectivity index (χ2n) is 3.75. The molecule has 4 nitrogen and oxygen atoms in total. The number of pyridine rings is 1. The summed E-state index contributed by atoms with van der Waals surface area (Å²) in [7, 11) is 0. The summed E-state index contributed by atoms with van der Waals surface area (Å²) in [5, 5.41) is 2.89. The zero-order chi connectivity index (χ0) is 11.4. The Morgan fingerprint density at radius 2 is 2.44 bits per heavy atom. The van der Waals surface area contributed by atoms with Crippen molar-refractivity contribution in [3.63, 3.8) is 0 Å². The van der Waals surface area contributed by atoms with Crippen LogP contribution in [0.1, 0.15) is 30.1 Å². The third kappa shape index (κ3) is 2.21. The number of nitrogens with one attached hydrogen (secondary N) is 1. The van der Waals surface area contributed by atoms with Crippen LogP contribution in [0.4, 0.5) is 0 Å². The maximum atomic E-state index is 11.7. The summed E-state index contributed by atoms with van der Waals surface area (Å²) in [6.07, 6.45) is 7.40. The van der Waals surface area contributed by atoms with Gasteiger partial charge in [0.05, 0.1) is 18.0 Å². The molecule has 0 aliphatic heterocycles. The van der Waals surface area contributed by atoms with Crippen LogP contribution in [0.3, 0.4) is 0 Å². The molecule has 2 aromatic heterocycles. The van der Waals surface area contributed by atoms with E-state index in [4.69, 9.17) is 0 Å². The summed E-state index contributed by atoms with van der Waals surface area (Å²) in [6, 6.07) is 3.64. The van der Waals surface area contributed by atoms with E-state index in [1.54, 1.807) is 18.6 Å². The molecule has 0 saturated heterocycles. The van der Waals surface area contributed by atoms with Crippen LogP contribution in [-0.2, 0) is 0 Å². The van der Waals surface area contributed by atoms with Gasteiger partial charge >= 0.3 is 0 Å². The van der Waals surface area contributed by atoms with E-state index in [2.05, 4.69) is 17.2 Å². The van der Waals surface area contributed by atoms with E-state index in [-0.39, 0.29) is 5.91 Å². The van der Waals surface area contributed by atoms with E-state index in [9.17, 15) is 4.79 Å². The minimum atomic E-state index is -0.0165. The van der Waals surface area contributed by atoms with Crippen LogP contribution in [0.25, 0.3) is 5.52 Å². The van der Waals surface area contributed by atoms with E-state index in [1.165, 1.54) is 0 Å². The van der Waals surface area contributed by atoms with Gasteiger partial charge < -0.3 is 9.72 Å². The van der Waals surface area contributed by atoms with Gasteiger partial charge in [-0.15, -0.1) is 0 Å². The quantitative estimate of drug-likeness (QED) is 0.795. The number of nitrogens with zero attached hydrogens (tertiary/aromatic N) is 2. The predicted octanol–water partition coefficient (Wildman–Crippen LogP) is 1.86. The van der Waals surface area contributed by atoms with Crippen molar-refractivity contribution in [2.24, 2.45) is 0 Å². The lowest BCUT2D eigenvalue weighted by atomic mass is 10.2. The van der Waals surface area contributed by atoms with Crippen molar-refractivity contribution in [2.75, 3.05) is 6.54 Å². The molecule has 0 aromatic carbocycles. The Labute approximate surface area is 94.3 Å². The summed E-state index contributed by atoms with van der Waals surface area (Å²) in [5.74, 6) is -0.0165. The number of fused-ring (bicyclic) bond motifs is 1. The molecular formula is C12H15N3O. The van der Waals surface area contributed by atoms with Gasteiger partial charge in [-0.3, -0.25) is 4.79 Å². The molecule has 0 atom stereocenters. The summed E-state index contributed by atoms with van der Waals surface area (Å²) in [5.41, 5.74) is 1.62. The Morgan fingerprint density at radius 1 is 1.56 bits per heavy atom. The molecule has 0 aliphatic rings. The Hall–Kier alpha value is -1.84. The Bertz CT molecular complexity index is 490. The van der Waals surface area contributed by atoms with Gasteiger partial charge in [0.1, 0.15) is 0 Å². The van der Waals surface area contributed by atoms with Crippen molar-refractivity contribution in [1.82, 2.24) is 14.7 Å². The lowest BCUT2D eigenvalue weighted by Crippen LogP contribution is -2.24. The zero-order valence-corrected chi connectivity index (χ0v) is 9.31. The zero-order valence-electron chi connectivity index (χ0n) is 9.31. The van der Waals surface area contributed by atoms with Crippen LogP contribution >= 0.6 is 0 Å². The highest BCUT2D eigenvalue weighted by atomic mass is 16.1. The SMILES string of the molecule is CCCCNC(=O)c1ccn2cncc2c1. The summed E-state index contributed by atoms with van der Waals surface area (Å²) in [4.78, 5) is 15.8. The van der Waals surface area contributed by atoms with Gasteiger partial charge in [-0.1, -0.05) is 13.3 Å². The van der Waals surface area contributed by atoms with Crippen LogP contribution in [0, 0.1) is 0 Å². The smallest absolute Gasteiger partial charge is 0.251 e. The molecule has 0 bridgehead atoms. The fourth-order valence-corrected chi connectivity index (χ4v) is 1.54. The maximum absolute atomic E-state index is 11.7. The van der Waals surface area contributed by atoms with Crippen LogP contribution < -0.4 is 5.32 Å². The van der Waals surface area contributed by atoms with Crippen molar-refractivity contribution in [3.05, 3.63) is 36.4 Å². The summed E-state index contributed by atoms with van der Waals surface area (Å²) in [6.45, 7) is 2.84. The molecule has 16 heavy (non-hydrogen) atoms. The Balaban J connectivity index is 2.10. The predicted molar refractivity (Wildman–Crippen MR) is 62.4 cm³/mol. The second kappa shape index (κ2) is 4.79. The van der Waals surface area contributed by atoms with Crippen molar-refractivity contribution in [2.45, 2.75) is 19.8 Å². The Morgan fingerprint density at radius 3 is 3.25 bits per heavy atom. The second-order valence-corrected chi connectivity index (χ2v) is 3.75. The molecule has 1 N–H and O–H groups in total. The van der Waals surface area contributed by atoms with E-state index < -0.39 is 0 Å². The first-order valence-electron chi connectivity index (χ1n) is 5.51. The van der Waals surface area contributed by atoms with Gasteiger partial charge in [-0.05, 0) is 18.6 Å². The molecule has 0 aliphatic carbocycles. The number of amides is 1. The standard InChI is InChI=1S/C12H15N3O/c1-2-3-5-14-12(16)10-4-6-15-9-13-8-11(15)7-10/h4,6-9H,2-3,5H2,1H3,(H,14,16). The van der Waals surface area contributed by atoms with E-state index in [0.29, 0.717) is 5.56 Å². The first-order valence-corrected chi connectivity index (χ1v) is 5.51. The number of carbonyl (C=O) groups is 1. The third-order valence-corrected chi connectivity index (χ3v) is 2.49. The maximum Gasteiger partial charge on any atom is 0.251 e. The molecule has 4 heteroatoms. The molecule has 2 rings (SSSR count). The van der Waals surface area contributed by atoms with Gasteiger partial charge in [-0.25, -0.2) is 4.98 Å². The summed E-state index contributed by atoms with van der Waals surface area (Å²) < 4.78 is 1.88. The number of hydrogen-bond acceptors (Lipinski definition) is 2. The third-order valence-electron chi connectivity index (χ3n) is 2.49. The van der Waals surface area contributed by atoms with Crippen LogP contribution in [0.15, 0.2) is 30.9 Å². The van der Waals surface area contributed by atoms with Crippen LogP contribution in [0.2, 0.25) is 0 Å². The largest absolute Gasteiger partial charge is 0.352 e. The molecule has 0 fully saturated rings. The van der Waals surface area contributed by atoms with Gasteiger partial charge in [0.2, 0.25) is 0 Å². The molecular weight excluding hydrogens is 202 g/mol. The Kier molecular flexibility index (Phi) is 3.19. The van der Waals surface area contributed by atoms with Gasteiger partial charge in [0.15, 0.2) is 0 Å². The molecule has 0 saturated carbocycles. The summed E-state index contributed by atoms with van der Waals surface area (Å²) >= 11 is 0. The fourth-order valence-electron chi connectivity index (χ4n) is 1.54. The highest BCUT2D eigenvalue weighted by molar-refractivity contribution is 5.95. The van der Waals surface area contributed by atoms with Crippen LogP contribution in [0.5, 0.6) is 0 Å². The monoisotopic (exact) mass is 217 g/mol. The highest BCUT2D eigenvalue weighted by Crippen LogP contribution is 2.06. The molecule has 2 heterocycles.